The molecule has 0 spiro atoms. The molecule has 2 aromatic carbocycles. The van der Waals surface area contributed by atoms with Crippen LogP contribution in [0.25, 0.3) is 0 Å². The Morgan fingerprint density at radius 2 is 1.96 bits per heavy atom. The molecule has 0 aliphatic heterocycles. The zero-order valence-corrected chi connectivity index (χ0v) is 14.0. The number of aliphatic hydroxyl groups is 1. The highest BCUT2D eigenvalue weighted by atomic mass is 35.5. The van der Waals surface area contributed by atoms with Gasteiger partial charge >= 0.3 is 0 Å². The van der Waals surface area contributed by atoms with Crippen LogP contribution < -0.4 is 10.2 Å². The summed E-state index contributed by atoms with van der Waals surface area (Å²) in [5, 5.41) is 12.5. The van der Waals surface area contributed by atoms with Gasteiger partial charge in [-0.1, -0.05) is 23.8 Å². The molecule has 23 heavy (non-hydrogen) atoms. The van der Waals surface area contributed by atoms with E-state index < -0.39 is 6.10 Å². The minimum absolute atomic E-state index is 0.148. The van der Waals surface area contributed by atoms with Crippen LogP contribution in [-0.2, 0) is 0 Å². The van der Waals surface area contributed by atoms with Crippen molar-refractivity contribution in [1.29, 1.82) is 0 Å². The smallest absolute Gasteiger partial charge is 0.255 e. The predicted octanol–water partition coefficient (Wildman–Crippen LogP) is 3.28. The van der Waals surface area contributed by atoms with Crippen molar-refractivity contribution in [2.24, 2.45) is 0 Å². The average Bonchev–Trinajstić information content (AvgIpc) is 2.55. The molecule has 4 nitrogen and oxygen atoms in total. The van der Waals surface area contributed by atoms with E-state index in [4.69, 9.17) is 11.6 Å². The van der Waals surface area contributed by atoms with Crippen LogP contribution in [0.3, 0.4) is 0 Å². The molecule has 1 unspecified atom stereocenters. The lowest BCUT2D eigenvalue weighted by atomic mass is 10.1. The van der Waals surface area contributed by atoms with E-state index >= 15 is 0 Å². The first-order chi connectivity index (χ1) is 11.0. The van der Waals surface area contributed by atoms with Gasteiger partial charge in [0, 0.05) is 30.5 Å². The van der Waals surface area contributed by atoms with Gasteiger partial charge in [-0.2, -0.15) is 0 Å². The van der Waals surface area contributed by atoms with Crippen LogP contribution >= 0.6 is 11.6 Å². The lowest BCUT2D eigenvalue weighted by Crippen LogP contribution is -2.30. The molecule has 0 fully saturated rings. The molecule has 0 aliphatic carbocycles. The highest BCUT2D eigenvalue weighted by Gasteiger charge is 2.10. The fourth-order valence-electron chi connectivity index (χ4n) is 2.20. The molecule has 122 valence electrons. The summed E-state index contributed by atoms with van der Waals surface area (Å²) >= 11 is 5.63. The summed E-state index contributed by atoms with van der Waals surface area (Å²) in [5.74, 6) is 0.0411. The Labute approximate surface area is 141 Å². The summed E-state index contributed by atoms with van der Waals surface area (Å²) in [4.78, 5) is 14.1. The fourth-order valence-corrected chi connectivity index (χ4v) is 2.30. The summed E-state index contributed by atoms with van der Waals surface area (Å²) in [6.07, 6.45) is -0.590. The van der Waals surface area contributed by atoms with Gasteiger partial charge in [-0.3, -0.25) is 4.79 Å². The largest absolute Gasteiger partial charge is 0.390 e. The van der Waals surface area contributed by atoms with Crippen molar-refractivity contribution in [2.75, 3.05) is 29.7 Å². The molecule has 2 aromatic rings. The molecule has 0 bridgehead atoms. The molecule has 2 rings (SSSR count). The number of carbonyl (C=O) groups excluding carboxylic acids is 1. The van der Waals surface area contributed by atoms with E-state index in [0.717, 1.165) is 11.3 Å². The molecule has 2 N–H and O–H groups in total. The van der Waals surface area contributed by atoms with Gasteiger partial charge in [0.1, 0.15) is 0 Å². The van der Waals surface area contributed by atoms with Crippen LogP contribution in [0, 0.1) is 6.92 Å². The minimum Gasteiger partial charge on any atom is -0.390 e. The zero-order chi connectivity index (χ0) is 16.8. The van der Waals surface area contributed by atoms with Gasteiger partial charge in [-0.05, 0) is 37.3 Å². The molecule has 1 amide bonds. The summed E-state index contributed by atoms with van der Waals surface area (Å²) in [6.45, 7) is 2.41. The number of aryl methyl sites for hydroxylation is 1. The number of carbonyl (C=O) groups is 1. The zero-order valence-electron chi connectivity index (χ0n) is 13.3. The van der Waals surface area contributed by atoms with E-state index in [1.54, 1.807) is 12.1 Å². The average molecular weight is 333 g/mol. The van der Waals surface area contributed by atoms with Crippen LogP contribution in [-0.4, -0.2) is 36.6 Å². The highest BCUT2D eigenvalue weighted by Crippen LogP contribution is 2.19. The first kappa shape index (κ1) is 17.3. The van der Waals surface area contributed by atoms with Gasteiger partial charge in [0.15, 0.2) is 0 Å². The Morgan fingerprint density at radius 3 is 2.61 bits per heavy atom. The van der Waals surface area contributed by atoms with Gasteiger partial charge < -0.3 is 15.3 Å². The van der Waals surface area contributed by atoms with Gasteiger partial charge in [0.05, 0.1) is 12.0 Å². The molecule has 0 heterocycles. The third-order valence-corrected chi connectivity index (χ3v) is 3.88. The van der Waals surface area contributed by atoms with E-state index in [0.29, 0.717) is 17.8 Å². The van der Waals surface area contributed by atoms with Crippen molar-refractivity contribution in [3.05, 3.63) is 59.7 Å². The minimum atomic E-state index is -0.590. The summed E-state index contributed by atoms with van der Waals surface area (Å²) in [6, 6.07) is 14.9. The number of likely N-dealkylation sites (N-methyl/N-ethyl adjacent to an activating group) is 1. The number of nitrogens with one attached hydrogen (secondary N) is 1. The van der Waals surface area contributed by atoms with Crippen molar-refractivity contribution in [3.8, 4) is 0 Å². The van der Waals surface area contributed by atoms with Crippen molar-refractivity contribution in [2.45, 2.75) is 13.0 Å². The third-order valence-electron chi connectivity index (χ3n) is 3.52. The van der Waals surface area contributed by atoms with E-state index in [-0.39, 0.29) is 11.8 Å². The van der Waals surface area contributed by atoms with Crippen LogP contribution in [0.2, 0.25) is 0 Å². The number of rotatable bonds is 6. The molecule has 5 heteroatoms. The second-order valence-electron chi connectivity index (χ2n) is 5.56. The van der Waals surface area contributed by atoms with Crippen LogP contribution in [0.4, 0.5) is 11.4 Å². The maximum absolute atomic E-state index is 12.2. The Morgan fingerprint density at radius 1 is 1.26 bits per heavy atom. The van der Waals surface area contributed by atoms with Crippen molar-refractivity contribution >= 4 is 28.9 Å². The summed E-state index contributed by atoms with van der Waals surface area (Å²) in [5.41, 5.74) is 3.34. The van der Waals surface area contributed by atoms with E-state index in [2.05, 4.69) is 5.32 Å². The Bertz CT molecular complexity index is 658. The number of halogens is 1. The van der Waals surface area contributed by atoms with Crippen molar-refractivity contribution < 1.29 is 9.90 Å². The topological polar surface area (TPSA) is 52.6 Å². The number of nitrogens with zero attached hydrogens (tertiary/aromatic N) is 1. The Kier molecular flexibility index (Phi) is 6.02. The summed E-state index contributed by atoms with van der Waals surface area (Å²) in [7, 11) is 1.87. The van der Waals surface area contributed by atoms with Gasteiger partial charge in [0.25, 0.3) is 5.91 Å². The Balaban J connectivity index is 2.07. The molecule has 0 aromatic heterocycles. The molecular weight excluding hydrogens is 312 g/mol. The highest BCUT2D eigenvalue weighted by molar-refractivity contribution is 6.18. The van der Waals surface area contributed by atoms with Crippen LogP contribution in [0.1, 0.15) is 15.9 Å². The van der Waals surface area contributed by atoms with Gasteiger partial charge in [-0.25, -0.2) is 0 Å². The number of hydrogen-bond donors (Lipinski definition) is 2. The molecule has 0 radical (unpaired) electrons. The van der Waals surface area contributed by atoms with Crippen molar-refractivity contribution in [1.82, 2.24) is 0 Å². The van der Waals surface area contributed by atoms with Crippen molar-refractivity contribution in [3.63, 3.8) is 0 Å². The Hall–Kier alpha value is -2.04. The lowest BCUT2D eigenvalue weighted by Gasteiger charge is -2.22. The second kappa shape index (κ2) is 7.99. The SMILES string of the molecule is Cc1ccc(C(=O)Nc2cccc(N(C)CC(O)CCl)c2)cc1. The van der Waals surface area contributed by atoms with E-state index in [9.17, 15) is 9.90 Å². The number of aliphatic hydroxyl groups excluding tert-OH is 1. The molecule has 0 saturated heterocycles. The first-order valence-electron chi connectivity index (χ1n) is 7.43. The number of alkyl halides is 1. The normalized spacial score (nSPS) is 11.8. The number of hydrogen-bond acceptors (Lipinski definition) is 3. The maximum Gasteiger partial charge on any atom is 0.255 e. The number of anilines is 2. The van der Waals surface area contributed by atoms with Crippen LogP contribution in [0.5, 0.6) is 0 Å². The van der Waals surface area contributed by atoms with Gasteiger partial charge in [-0.15, -0.1) is 11.6 Å². The fraction of sp³-hybridized carbons (Fsp3) is 0.278. The first-order valence-corrected chi connectivity index (χ1v) is 7.96. The standard InChI is InChI=1S/C18H21ClN2O2/c1-13-6-8-14(9-7-13)18(23)20-15-4-3-5-16(10-15)21(2)12-17(22)11-19/h3-10,17,22H,11-12H2,1-2H3,(H,20,23). The molecule has 0 aliphatic rings. The van der Waals surface area contributed by atoms with E-state index in [1.165, 1.54) is 0 Å². The second-order valence-corrected chi connectivity index (χ2v) is 5.87. The molecule has 0 saturated carbocycles. The molecular formula is C18H21ClN2O2. The maximum atomic E-state index is 12.2. The molecule has 1 atom stereocenters. The lowest BCUT2D eigenvalue weighted by molar-refractivity contribution is 0.102. The predicted molar refractivity (Wildman–Crippen MR) is 95.6 cm³/mol. The quantitative estimate of drug-likeness (QED) is 0.798. The summed E-state index contributed by atoms with van der Waals surface area (Å²) < 4.78 is 0. The number of benzene rings is 2. The van der Waals surface area contributed by atoms with Crippen LogP contribution in [0.15, 0.2) is 48.5 Å². The van der Waals surface area contributed by atoms with E-state index in [1.807, 2.05) is 55.3 Å². The third kappa shape index (κ3) is 4.98. The monoisotopic (exact) mass is 332 g/mol. The van der Waals surface area contributed by atoms with Gasteiger partial charge in [0.2, 0.25) is 0 Å². The number of amides is 1.